The van der Waals surface area contributed by atoms with Crippen LogP contribution in [0.5, 0.6) is 0 Å². The molecule has 1 aromatic carbocycles. The summed E-state index contributed by atoms with van der Waals surface area (Å²) in [5, 5.41) is 3.61. The third-order valence-electron chi connectivity index (χ3n) is 4.78. The van der Waals surface area contributed by atoms with E-state index in [2.05, 4.69) is 55.3 Å². The number of carbonyl (C=O) groups is 1. The average molecular weight is 272 g/mol. The molecule has 1 spiro atoms. The van der Waals surface area contributed by atoms with Crippen molar-refractivity contribution in [2.75, 3.05) is 0 Å². The summed E-state index contributed by atoms with van der Waals surface area (Å²) in [4.78, 5) is 14.9. The molecule has 1 aliphatic carbocycles. The summed E-state index contributed by atoms with van der Waals surface area (Å²) in [5.74, 6) is 0.317. The van der Waals surface area contributed by atoms with Gasteiger partial charge in [-0.3, -0.25) is 10.1 Å². The molecule has 3 rings (SSSR count). The lowest BCUT2D eigenvalue weighted by atomic mass is 10.1. The fourth-order valence-corrected chi connectivity index (χ4v) is 3.38. The molecular formula is C17H24N2O. The van der Waals surface area contributed by atoms with E-state index >= 15 is 0 Å². The number of benzene rings is 1. The van der Waals surface area contributed by atoms with Gasteiger partial charge >= 0.3 is 0 Å². The number of amides is 1. The van der Waals surface area contributed by atoms with E-state index in [4.69, 9.17) is 0 Å². The molecule has 1 amide bonds. The number of nitrogens with zero attached hydrogens (tertiary/aromatic N) is 1. The molecule has 3 nitrogen and oxygen atoms in total. The van der Waals surface area contributed by atoms with E-state index in [1.165, 1.54) is 11.1 Å². The number of rotatable bonds is 4. The Labute approximate surface area is 121 Å². The highest BCUT2D eigenvalue weighted by atomic mass is 16.2. The molecule has 1 saturated heterocycles. The van der Waals surface area contributed by atoms with Crippen molar-refractivity contribution in [3.63, 3.8) is 0 Å². The Bertz CT molecular complexity index is 517. The van der Waals surface area contributed by atoms with Gasteiger partial charge in [0.05, 0.1) is 0 Å². The van der Waals surface area contributed by atoms with Gasteiger partial charge in [-0.05, 0) is 38.2 Å². The van der Waals surface area contributed by atoms with Crippen LogP contribution in [0, 0.1) is 6.92 Å². The molecule has 108 valence electrons. The van der Waals surface area contributed by atoms with E-state index in [-0.39, 0.29) is 11.7 Å². The fourth-order valence-electron chi connectivity index (χ4n) is 3.38. The minimum Gasteiger partial charge on any atom is -0.318 e. The smallest absolute Gasteiger partial charge is 0.244 e. The molecule has 0 aromatic heterocycles. The Hall–Kier alpha value is -1.35. The van der Waals surface area contributed by atoms with Crippen LogP contribution in [0.4, 0.5) is 0 Å². The largest absolute Gasteiger partial charge is 0.318 e. The molecule has 3 heteroatoms. The lowest BCUT2D eigenvalue weighted by molar-refractivity contribution is -0.133. The molecule has 1 unspecified atom stereocenters. The minimum atomic E-state index is -0.239. The van der Waals surface area contributed by atoms with E-state index in [0.717, 1.165) is 25.7 Å². The van der Waals surface area contributed by atoms with Crippen LogP contribution in [-0.4, -0.2) is 22.4 Å². The second-order valence-corrected chi connectivity index (χ2v) is 6.23. The third kappa shape index (κ3) is 2.05. The van der Waals surface area contributed by atoms with Gasteiger partial charge in [0.2, 0.25) is 5.91 Å². The van der Waals surface area contributed by atoms with Gasteiger partial charge < -0.3 is 4.90 Å². The van der Waals surface area contributed by atoms with Crippen molar-refractivity contribution in [2.45, 2.75) is 64.2 Å². The van der Waals surface area contributed by atoms with E-state index in [1.807, 2.05) is 0 Å². The van der Waals surface area contributed by atoms with Gasteiger partial charge in [-0.15, -0.1) is 0 Å². The van der Waals surface area contributed by atoms with Crippen molar-refractivity contribution in [1.29, 1.82) is 0 Å². The molecule has 20 heavy (non-hydrogen) atoms. The third-order valence-corrected chi connectivity index (χ3v) is 4.78. The Kier molecular flexibility index (Phi) is 3.33. The summed E-state index contributed by atoms with van der Waals surface area (Å²) in [5.41, 5.74) is 2.23. The average Bonchev–Trinajstić information content (AvgIpc) is 3.17. The van der Waals surface area contributed by atoms with Gasteiger partial charge in [0.25, 0.3) is 0 Å². The molecule has 0 bridgehead atoms. The highest BCUT2D eigenvalue weighted by Gasteiger charge is 2.60. The molecule has 1 saturated carbocycles. The van der Waals surface area contributed by atoms with Gasteiger partial charge in [0, 0.05) is 6.04 Å². The highest BCUT2D eigenvalue weighted by molar-refractivity contribution is 5.92. The predicted octanol–water partition coefficient (Wildman–Crippen LogP) is 3.15. The van der Waals surface area contributed by atoms with Crippen LogP contribution in [-0.2, 0) is 4.79 Å². The number of hydrogen-bond donors (Lipinski definition) is 1. The standard InChI is InChI=1S/C17H24N2O/c1-4-14(5-2)19-15(13-8-6-7-12(3)11-13)18-17(9-10-17)16(19)20/h6-8,11,14-15,18H,4-5,9-10H2,1-3H3. The summed E-state index contributed by atoms with van der Waals surface area (Å²) in [6.07, 6.45) is 4.06. The second kappa shape index (κ2) is 4.88. The van der Waals surface area contributed by atoms with E-state index in [1.54, 1.807) is 0 Å². The highest BCUT2D eigenvalue weighted by Crippen LogP contribution is 2.47. The first-order chi connectivity index (χ1) is 9.61. The number of carbonyl (C=O) groups excluding carboxylic acids is 1. The summed E-state index contributed by atoms with van der Waals surface area (Å²) in [6.45, 7) is 6.45. The van der Waals surface area contributed by atoms with E-state index in [9.17, 15) is 4.79 Å². The van der Waals surface area contributed by atoms with Crippen molar-refractivity contribution >= 4 is 5.91 Å². The van der Waals surface area contributed by atoms with Crippen LogP contribution in [0.2, 0.25) is 0 Å². The maximum atomic E-state index is 12.8. The van der Waals surface area contributed by atoms with Crippen molar-refractivity contribution in [3.8, 4) is 0 Å². The van der Waals surface area contributed by atoms with E-state index < -0.39 is 0 Å². The van der Waals surface area contributed by atoms with Gasteiger partial charge in [-0.1, -0.05) is 43.7 Å². The van der Waals surface area contributed by atoms with Gasteiger partial charge in [0.1, 0.15) is 11.7 Å². The molecule has 1 heterocycles. The van der Waals surface area contributed by atoms with E-state index in [0.29, 0.717) is 11.9 Å². The van der Waals surface area contributed by atoms with Crippen molar-refractivity contribution < 1.29 is 4.79 Å². The summed E-state index contributed by atoms with van der Waals surface area (Å²) in [6, 6.07) is 8.85. The lowest BCUT2D eigenvalue weighted by Gasteiger charge is -2.32. The lowest BCUT2D eigenvalue weighted by Crippen LogP contribution is -2.40. The van der Waals surface area contributed by atoms with Crippen LogP contribution in [0.25, 0.3) is 0 Å². The number of aryl methyl sites for hydroxylation is 1. The molecule has 1 aromatic rings. The normalized spacial score (nSPS) is 23.9. The van der Waals surface area contributed by atoms with Crippen molar-refractivity contribution in [1.82, 2.24) is 10.2 Å². The Balaban J connectivity index is 1.97. The molecular weight excluding hydrogens is 248 g/mol. The molecule has 1 N–H and O–H groups in total. The van der Waals surface area contributed by atoms with Crippen LogP contribution in [0.3, 0.4) is 0 Å². The fraction of sp³-hybridized carbons (Fsp3) is 0.588. The first-order valence-corrected chi connectivity index (χ1v) is 7.78. The second-order valence-electron chi connectivity index (χ2n) is 6.23. The van der Waals surface area contributed by atoms with Crippen LogP contribution >= 0.6 is 0 Å². The quantitative estimate of drug-likeness (QED) is 0.913. The predicted molar refractivity (Wildman–Crippen MR) is 80.2 cm³/mol. The molecule has 2 aliphatic rings. The topological polar surface area (TPSA) is 32.3 Å². The Morgan fingerprint density at radius 1 is 1.35 bits per heavy atom. The van der Waals surface area contributed by atoms with Crippen molar-refractivity contribution in [2.24, 2.45) is 0 Å². The monoisotopic (exact) mass is 272 g/mol. The molecule has 1 atom stereocenters. The molecule has 1 aliphatic heterocycles. The Morgan fingerprint density at radius 3 is 2.60 bits per heavy atom. The zero-order valence-corrected chi connectivity index (χ0v) is 12.6. The minimum absolute atomic E-state index is 0.0507. The first kappa shape index (κ1) is 13.6. The van der Waals surface area contributed by atoms with Crippen molar-refractivity contribution in [3.05, 3.63) is 35.4 Å². The number of nitrogens with one attached hydrogen (secondary N) is 1. The first-order valence-electron chi connectivity index (χ1n) is 7.78. The molecule has 2 fully saturated rings. The summed E-state index contributed by atoms with van der Waals surface area (Å²) < 4.78 is 0. The maximum absolute atomic E-state index is 12.8. The summed E-state index contributed by atoms with van der Waals surface area (Å²) >= 11 is 0. The van der Waals surface area contributed by atoms with Gasteiger partial charge in [-0.2, -0.15) is 0 Å². The molecule has 0 radical (unpaired) electrons. The zero-order chi connectivity index (χ0) is 14.3. The zero-order valence-electron chi connectivity index (χ0n) is 12.6. The Morgan fingerprint density at radius 2 is 2.05 bits per heavy atom. The maximum Gasteiger partial charge on any atom is 0.244 e. The van der Waals surface area contributed by atoms with Crippen LogP contribution < -0.4 is 5.32 Å². The van der Waals surface area contributed by atoms with Gasteiger partial charge in [-0.25, -0.2) is 0 Å². The van der Waals surface area contributed by atoms with Gasteiger partial charge in [0.15, 0.2) is 0 Å². The SMILES string of the molecule is CCC(CC)N1C(=O)C2(CC2)NC1c1cccc(C)c1. The summed E-state index contributed by atoms with van der Waals surface area (Å²) in [7, 11) is 0. The number of hydrogen-bond acceptors (Lipinski definition) is 2. The van der Waals surface area contributed by atoms with Crippen LogP contribution in [0.15, 0.2) is 24.3 Å². The van der Waals surface area contributed by atoms with Crippen LogP contribution in [0.1, 0.15) is 56.8 Å².